The molecule has 3 aromatic rings. The molecule has 0 aliphatic heterocycles. The monoisotopic (exact) mass is 421 g/mol. The topological polar surface area (TPSA) is 98.8 Å². The molecule has 2 heterocycles. The molecule has 1 radical (unpaired) electrons. The molecule has 3 rings (SSSR count). The zero-order valence-electron chi connectivity index (χ0n) is 8.83. The summed E-state index contributed by atoms with van der Waals surface area (Å²) in [5.74, 6) is 0. The van der Waals surface area contributed by atoms with Crippen LogP contribution in [0.4, 0.5) is 5.69 Å². The molecule has 7 nitrogen and oxygen atoms in total. The first-order chi connectivity index (χ1) is 8.25. The minimum Gasteiger partial charge on any atom is -0.574 e. The number of non-ortho nitro benzene ring substituents is 1. The van der Waals surface area contributed by atoms with E-state index in [9.17, 15) is 10.1 Å². The van der Waals surface area contributed by atoms with Crippen LogP contribution in [0.15, 0.2) is 30.6 Å². The molecular formula is C10H6IrN5O2-. The number of benzene rings is 1. The number of hydrogen-bond donors (Lipinski definition) is 1. The third-order valence-corrected chi connectivity index (χ3v) is 2.48. The second-order valence-corrected chi connectivity index (χ2v) is 3.49. The van der Waals surface area contributed by atoms with Crippen LogP contribution in [0, 0.1) is 10.1 Å². The number of rotatable bonds is 2. The van der Waals surface area contributed by atoms with Gasteiger partial charge in [0, 0.05) is 44.0 Å². The van der Waals surface area contributed by atoms with E-state index in [0.717, 1.165) is 5.56 Å². The van der Waals surface area contributed by atoms with Crippen molar-refractivity contribution in [1.82, 2.24) is 20.4 Å². The van der Waals surface area contributed by atoms with E-state index < -0.39 is 4.92 Å². The van der Waals surface area contributed by atoms with Crippen molar-refractivity contribution in [1.29, 1.82) is 0 Å². The van der Waals surface area contributed by atoms with Crippen molar-refractivity contribution in [3.8, 4) is 11.3 Å². The summed E-state index contributed by atoms with van der Waals surface area (Å²) in [4.78, 5) is 10.3. The van der Waals surface area contributed by atoms with E-state index in [0.29, 0.717) is 16.6 Å². The Bertz CT molecular complexity index is 691. The SMILES string of the molecule is O=[N+]([O-])c1ccc2[n-]nc(-c3cn[nH]c3)c2c1.[Ir]. The molecule has 0 fully saturated rings. The van der Waals surface area contributed by atoms with Crippen molar-refractivity contribution >= 4 is 16.6 Å². The smallest absolute Gasteiger partial charge is 0.270 e. The Labute approximate surface area is 114 Å². The van der Waals surface area contributed by atoms with Crippen LogP contribution in [0.5, 0.6) is 0 Å². The Morgan fingerprint density at radius 3 is 2.89 bits per heavy atom. The van der Waals surface area contributed by atoms with Gasteiger partial charge in [0.25, 0.3) is 5.69 Å². The molecule has 0 saturated heterocycles. The number of nitrogens with one attached hydrogen (secondary N) is 1. The third kappa shape index (κ3) is 1.92. The van der Waals surface area contributed by atoms with Gasteiger partial charge in [-0.2, -0.15) is 5.10 Å². The largest absolute Gasteiger partial charge is 0.574 e. The minimum absolute atomic E-state index is 0. The summed E-state index contributed by atoms with van der Waals surface area (Å²) in [6.07, 6.45) is 3.27. The van der Waals surface area contributed by atoms with Crippen molar-refractivity contribution in [2.24, 2.45) is 0 Å². The van der Waals surface area contributed by atoms with E-state index in [2.05, 4.69) is 20.4 Å². The number of hydrogen-bond acceptors (Lipinski definition) is 4. The fourth-order valence-electron chi connectivity index (χ4n) is 1.67. The van der Waals surface area contributed by atoms with Gasteiger partial charge >= 0.3 is 0 Å². The molecule has 0 aliphatic rings. The zero-order valence-corrected chi connectivity index (χ0v) is 11.2. The molecule has 93 valence electrons. The molecule has 0 amide bonds. The first kappa shape index (κ1) is 12.4. The summed E-state index contributed by atoms with van der Waals surface area (Å²) in [5, 5.41) is 25.8. The molecule has 0 unspecified atom stereocenters. The first-order valence-corrected chi connectivity index (χ1v) is 4.82. The Hall–Kier alpha value is -2.05. The average molecular weight is 420 g/mol. The quantitative estimate of drug-likeness (QED) is 0.500. The second kappa shape index (κ2) is 4.67. The number of aromatic nitrogens is 4. The molecule has 0 atom stereocenters. The molecule has 8 heteroatoms. The minimum atomic E-state index is -0.439. The average Bonchev–Trinajstić information content (AvgIpc) is 2.96. The molecule has 18 heavy (non-hydrogen) atoms. The van der Waals surface area contributed by atoms with Gasteiger partial charge in [0.15, 0.2) is 0 Å². The number of nitro groups is 1. The fourth-order valence-corrected chi connectivity index (χ4v) is 1.67. The van der Waals surface area contributed by atoms with Crippen LogP contribution in [0.1, 0.15) is 0 Å². The Balaban J connectivity index is 0.00000120. The van der Waals surface area contributed by atoms with Crippen LogP contribution in [-0.2, 0) is 20.1 Å². The maximum Gasteiger partial charge on any atom is 0.270 e. The van der Waals surface area contributed by atoms with Crippen LogP contribution in [0.3, 0.4) is 0 Å². The molecule has 2 aromatic heterocycles. The van der Waals surface area contributed by atoms with E-state index in [1.54, 1.807) is 18.5 Å². The first-order valence-electron chi connectivity index (χ1n) is 4.82. The number of H-pyrrole nitrogens is 1. The van der Waals surface area contributed by atoms with E-state index in [1.165, 1.54) is 12.1 Å². The zero-order chi connectivity index (χ0) is 11.8. The predicted molar refractivity (Wildman–Crippen MR) is 59.3 cm³/mol. The van der Waals surface area contributed by atoms with Crippen LogP contribution in [-0.4, -0.2) is 20.2 Å². The van der Waals surface area contributed by atoms with Gasteiger partial charge in [0.1, 0.15) is 0 Å². The van der Waals surface area contributed by atoms with Gasteiger partial charge in [-0.15, -0.1) is 5.52 Å². The molecule has 0 bridgehead atoms. The third-order valence-electron chi connectivity index (χ3n) is 2.48. The van der Waals surface area contributed by atoms with Gasteiger partial charge in [-0.1, -0.05) is 6.07 Å². The molecule has 0 spiro atoms. The maximum atomic E-state index is 10.7. The number of nitro benzene ring substituents is 1. The molecule has 1 aromatic carbocycles. The Morgan fingerprint density at radius 1 is 1.39 bits per heavy atom. The molecule has 0 aliphatic carbocycles. The van der Waals surface area contributed by atoms with Gasteiger partial charge in [0.2, 0.25) is 0 Å². The van der Waals surface area contributed by atoms with Crippen molar-refractivity contribution in [3.05, 3.63) is 40.7 Å². The van der Waals surface area contributed by atoms with Gasteiger partial charge in [-0.3, -0.25) is 15.2 Å². The van der Waals surface area contributed by atoms with Crippen molar-refractivity contribution < 1.29 is 25.0 Å². The molecular weight excluding hydrogens is 414 g/mol. The van der Waals surface area contributed by atoms with Gasteiger partial charge in [0.05, 0.1) is 16.8 Å². The van der Waals surface area contributed by atoms with Crippen LogP contribution < -0.4 is 5.10 Å². The Kier molecular flexibility index (Phi) is 3.22. The van der Waals surface area contributed by atoms with Gasteiger partial charge < -0.3 is 10.2 Å². The van der Waals surface area contributed by atoms with Crippen molar-refractivity contribution in [3.63, 3.8) is 0 Å². The van der Waals surface area contributed by atoms with E-state index in [4.69, 9.17) is 0 Å². The van der Waals surface area contributed by atoms with Crippen LogP contribution in [0.2, 0.25) is 0 Å². The normalized spacial score (nSPS) is 10.2. The number of aromatic amines is 1. The molecule has 0 saturated carbocycles. The summed E-state index contributed by atoms with van der Waals surface area (Å²) >= 11 is 0. The van der Waals surface area contributed by atoms with Crippen molar-refractivity contribution in [2.45, 2.75) is 0 Å². The van der Waals surface area contributed by atoms with Gasteiger partial charge in [-0.25, -0.2) is 0 Å². The van der Waals surface area contributed by atoms with E-state index in [1.807, 2.05) is 0 Å². The maximum absolute atomic E-state index is 10.7. The van der Waals surface area contributed by atoms with Gasteiger partial charge in [-0.05, 0) is 5.39 Å². The summed E-state index contributed by atoms with van der Waals surface area (Å²) in [6.45, 7) is 0. The summed E-state index contributed by atoms with van der Waals surface area (Å²) in [5.41, 5.74) is 2.01. The van der Waals surface area contributed by atoms with Crippen molar-refractivity contribution in [2.75, 3.05) is 0 Å². The van der Waals surface area contributed by atoms with E-state index in [-0.39, 0.29) is 25.8 Å². The molecule has 1 N–H and O–H groups in total. The number of fused-ring (bicyclic) bond motifs is 1. The summed E-state index contributed by atoms with van der Waals surface area (Å²) < 4.78 is 0. The van der Waals surface area contributed by atoms with E-state index >= 15 is 0 Å². The number of nitrogens with zero attached hydrogens (tertiary/aromatic N) is 4. The standard InChI is InChI=1S/C10H6N5O2.Ir/c16-15(17)7-1-2-9-8(3-7)10(14-13-9)6-4-11-12-5-6;/h1-5H,(H-,11,12,13,14);/q-1;. The van der Waals surface area contributed by atoms with Crippen LogP contribution >= 0.6 is 0 Å². The summed E-state index contributed by atoms with van der Waals surface area (Å²) in [6, 6.07) is 4.47. The van der Waals surface area contributed by atoms with Crippen LogP contribution in [0.25, 0.3) is 22.2 Å². The fraction of sp³-hybridized carbons (Fsp3) is 0. The second-order valence-electron chi connectivity index (χ2n) is 3.49. The summed E-state index contributed by atoms with van der Waals surface area (Å²) in [7, 11) is 0. The Morgan fingerprint density at radius 2 is 2.22 bits per heavy atom. The predicted octanol–water partition coefficient (Wildman–Crippen LogP) is 1.49.